The average Bonchev–Trinajstić information content (AvgIpc) is 3.25. The first-order valence-corrected chi connectivity index (χ1v) is 8.33. The molecule has 0 unspecified atom stereocenters. The predicted octanol–water partition coefficient (Wildman–Crippen LogP) is 2.96. The molecule has 0 saturated carbocycles. The topological polar surface area (TPSA) is 65.9 Å². The van der Waals surface area contributed by atoms with Crippen molar-refractivity contribution in [2.24, 2.45) is 0 Å². The number of amides is 1. The second kappa shape index (κ2) is 7.31. The number of aromatic amines is 1. The normalized spacial score (nSPS) is 11.3. The number of carbonyl (C=O) groups excluding carboxylic acids is 1. The summed E-state index contributed by atoms with van der Waals surface area (Å²) in [6.07, 6.45) is 3.67. The van der Waals surface area contributed by atoms with Gasteiger partial charge in [-0.2, -0.15) is 5.10 Å². The maximum Gasteiger partial charge on any atom is 0.273 e. The van der Waals surface area contributed by atoms with Gasteiger partial charge in [0, 0.05) is 42.1 Å². The summed E-state index contributed by atoms with van der Waals surface area (Å²) in [5.74, 6) is -0.187. The smallest absolute Gasteiger partial charge is 0.273 e. The van der Waals surface area contributed by atoms with Crippen LogP contribution in [0.4, 0.5) is 5.69 Å². The number of hydrogen-bond donors (Lipinski definition) is 2. The van der Waals surface area contributed by atoms with E-state index in [9.17, 15) is 4.79 Å². The number of fused-ring (bicyclic) bond motifs is 1. The van der Waals surface area contributed by atoms with E-state index in [-0.39, 0.29) is 5.91 Å². The molecule has 0 atom stereocenters. The van der Waals surface area contributed by atoms with E-state index in [0.717, 1.165) is 37.3 Å². The second-order valence-corrected chi connectivity index (χ2v) is 5.73. The van der Waals surface area contributed by atoms with Crippen LogP contribution < -0.4 is 5.32 Å². The van der Waals surface area contributed by atoms with E-state index in [4.69, 9.17) is 0 Å². The molecule has 0 fully saturated rings. The minimum atomic E-state index is -0.187. The van der Waals surface area contributed by atoms with Crippen LogP contribution in [0.5, 0.6) is 0 Å². The van der Waals surface area contributed by atoms with E-state index in [0.29, 0.717) is 5.69 Å². The van der Waals surface area contributed by atoms with Crippen molar-refractivity contribution in [1.82, 2.24) is 19.7 Å². The summed E-state index contributed by atoms with van der Waals surface area (Å²) in [5.41, 5.74) is 2.41. The first-order valence-electron chi connectivity index (χ1n) is 8.33. The van der Waals surface area contributed by atoms with Gasteiger partial charge < -0.3 is 14.8 Å². The number of carbonyl (C=O) groups is 1. The lowest BCUT2D eigenvalue weighted by Crippen LogP contribution is -2.26. The van der Waals surface area contributed by atoms with E-state index >= 15 is 0 Å². The van der Waals surface area contributed by atoms with E-state index in [2.05, 4.69) is 57.2 Å². The Kier molecular flexibility index (Phi) is 4.96. The summed E-state index contributed by atoms with van der Waals surface area (Å²) < 4.78 is 2.26. The van der Waals surface area contributed by atoms with Gasteiger partial charge in [0.05, 0.1) is 0 Å². The molecule has 0 radical (unpaired) electrons. The monoisotopic (exact) mass is 325 g/mol. The van der Waals surface area contributed by atoms with Gasteiger partial charge in [-0.1, -0.05) is 13.8 Å². The van der Waals surface area contributed by atoms with Crippen LogP contribution in [-0.2, 0) is 6.54 Å². The number of nitrogens with one attached hydrogen (secondary N) is 2. The Morgan fingerprint density at radius 1 is 1.25 bits per heavy atom. The third-order valence-electron chi connectivity index (χ3n) is 4.33. The first kappa shape index (κ1) is 16.3. The molecule has 0 spiro atoms. The zero-order valence-electron chi connectivity index (χ0n) is 14.1. The highest BCUT2D eigenvalue weighted by atomic mass is 16.1. The van der Waals surface area contributed by atoms with Gasteiger partial charge in [-0.15, -0.1) is 0 Å². The quantitative estimate of drug-likeness (QED) is 0.702. The molecule has 3 aromatic rings. The highest BCUT2D eigenvalue weighted by molar-refractivity contribution is 6.03. The van der Waals surface area contributed by atoms with Gasteiger partial charge >= 0.3 is 0 Å². The van der Waals surface area contributed by atoms with Gasteiger partial charge in [0.2, 0.25) is 0 Å². The van der Waals surface area contributed by atoms with Gasteiger partial charge in [-0.05, 0) is 43.4 Å². The number of benzene rings is 1. The summed E-state index contributed by atoms with van der Waals surface area (Å²) in [7, 11) is 0. The lowest BCUT2D eigenvalue weighted by molar-refractivity contribution is 0.102. The van der Waals surface area contributed by atoms with Crippen LogP contribution in [0.1, 0.15) is 24.3 Å². The Bertz CT molecular complexity index is 802. The number of anilines is 1. The van der Waals surface area contributed by atoms with Crippen molar-refractivity contribution in [3.63, 3.8) is 0 Å². The molecule has 0 aliphatic carbocycles. The van der Waals surface area contributed by atoms with Crippen LogP contribution in [-0.4, -0.2) is 45.2 Å². The molecule has 0 bridgehead atoms. The molecular weight excluding hydrogens is 302 g/mol. The van der Waals surface area contributed by atoms with E-state index in [1.165, 1.54) is 5.52 Å². The number of rotatable bonds is 7. The predicted molar refractivity (Wildman–Crippen MR) is 96.3 cm³/mol. The Balaban J connectivity index is 1.72. The number of H-pyrrole nitrogens is 1. The fraction of sp³-hybridized carbons (Fsp3) is 0.333. The van der Waals surface area contributed by atoms with Crippen molar-refractivity contribution < 1.29 is 4.79 Å². The van der Waals surface area contributed by atoms with Crippen molar-refractivity contribution in [1.29, 1.82) is 0 Å². The van der Waals surface area contributed by atoms with Crippen LogP contribution in [0.15, 0.2) is 42.7 Å². The molecule has 2 heterocycles. The average molecular weight is 325 g/mol. The number of aromatic nitrogens is 3. The van der Waals surface area contributed by atoms with Gasteiger partial charge in [-0.25, -0.2) is 0 Å². The lowest BCUT2D eigenvalue weighted by atomic mass is 10.2. The molecule has 24 heavy (non-hydrogen) atoms. The van der Waals surface area contributed by atoms with Gasteiger partial charge in [0.25, 0.3) is 5.91 Å². The molecule has 0 aliphatic rings. The number of nitrogens with zero attached hydrogens (tertiary/aromatic N) is 3. The third kappa shape index (κ3) is 3.49. The zero-order valence-corrected chi connectivity index (χ0v) is 14.1. The first-order chi connectivity index (χ1) is 11.7. The van der Waals surface area contributed by atoms with Crippen LogP contribution >= 0.6 is 0 Å². The van der Waals surface area contributed by atoms with Gasteiger partial charge in [0.1, 0.15) is 5.69 Å². The zero-order chi connectivity index (χ0) is 16.9. The van der Waals surface area contributed by atoms with Gasteiger partial charge in [-0.3, -0.25) is 9.89 Å². The molecule has 3 rings (SSSR count). The van der Waals surface area contributed by atoms with E-state index < -0.39 is 0 Å². The lowest BCUT2D eigenvalue weighted by Gasteiger charge is -2.18. The standard InChI is InChI=1S/C18H23N5O/c1-3-22(4-2)11-12-23-10-8-14-13-15(5-6-17(14)23)20-18(24)16-7-9-19-21-16/h5-10,13H,3-4,11-12H2,1-2H3,(H,19,21)(H,20,24). The largest absolute Gasteiger partial charge is 0.346 e. The molecule has 0 saturated heterocycles. The van der Waals surface area contributed by atoms with Crippen molar-refractivity contribution in [2.45, 2.75) is 20.4 Å². The van der Waals surface area contributed by atoms with Crippen molar-refractivity contribution in [3.8, 4) is 0 Å². The molecule has 0 aliphatic heterocycles. The summed E-state index contributed by atoms with van der Waals surface area (Å²) in [5, 5.41) is 10.5. The van der Waals surface area contributed by atoms with Crippen molar-refractivity contribution in [2.75, 3.05) is 25.0 Å². The molecule has 6 heteroatoms. The summed E-state index contributed by atoms with van der Waals surface area (Å²) >= 11 is 0. The number of hydrogen-bond acceptors (Lipinski definition) is 3. The fourth-order valence-corrected chi connectivity index (χ4v) is 2.84. The Morgan fingerprint density at radius 2 is 2.08 bits per heavy atom. The Morgan fingerprint density at radius 3 is 2.79 bits per heavy atom. The molecule has 1 aromatic carbocycles. The maximum absolute atomic E-state index is 12.1. The van der Waals surface area contributed by atoms with E-state index in [1.807, 2.05) is 12.1 Å². The summed E-state index contributed by atoms with van der Waals surface area (Å²) in [6.45, 7) is 8.51. The van der Waals surface area contributed by atoms with E-state index in [1.54, 1.807) is 12.3 Å². The molecule has 1 amide bonds. The SMILES string of the molecule is CCN(CC)CCn1ccc2cc(NC(=O)c3ccn[nH]3)ccc21. The molecule has 126 valence electrons. The molecular formula is C18H23N5O. The van der Waals surface area contributed by atoms with Crippen molar-refractivity contribution in [3.05, 3.63) is 48.4 Å². The minimum Gasteiger partial charge on any atom is -0.346 e. The second-order valence-electron chi connectivity index (χ2n) is 5.73. The van der Waals surface area contributed by atoms with Crippen molar-refractivity contribution >= 4 is 22.5 Å². The number of likely N-dealkylation sites (N-methyl/N-ethyl adjacent to an activating group) is 1. The van der Waals surface area contributed by atoms with Gasteiger partial charge in [0.15, 0.2) is 0 Å². The maximum atomic E-state index is 12.1. The van der Waals surface area contributed by atoms with Crippen LogP contribution in [0, 0.1) is 0 Å². The summed E-state index contributed by atoms with van der Waals surface area (Å²) in [6, 6.07) is 9.73. The minimum absolute atomic E-state index is 0.187. The third-order valence-corrected chi connectivity index (χ3v) is 4.33. The molecule has 2 aromatic heterocycles. The van der Waals surface area contributed by atoms with Crippen LogP contribution in [0.25, 0.3) is 10.9 Å². The fourth-order valence-electron chi connectivity index (χ4n) is 2.84. The Labute approximate surface area is 141 Å². The Hall–Kier alpha value is -2.60. The summed E-state index contributed by atoms with van der Waals surface area (Å²) in [4.78, 5) is 14.5. The molecule has 2 N–H and O–H groups in total. The highest BCUT2D eigenvalue weighted by Crippen LogP contribution is 2.21. The van der Waals surface area contributed by atoms with Crippen LogP contribution in [0.2, 0.25) is 0 Å². The highest BCUT2D eigenvalue weighted by Gasteiger charge is 2.09. The molecule has 6 nitrogen and oxygen atoms in total. The van der Waals surface area contributed by atoms with Crippen LogP contribution in [0.3, 0.4) is 0 Å².